The van der Waals surface area contributed by atoms with Gasteiger partial charge in [-0.1, -0.05) is 25.6 Å². The average Bonchev–Trinajstić information content (AvgIpc) is 2.70. The summed E-state index contributed by atoms with van der Waals surface area (Å²) in [5.41, 5.74) is 0. The molecule has 1 aromatic heterocycles. The lowest BCUT2D eigenvalue weighted by Crippen LogP contribution is -2.16. The lowest BCUT2D eigenvalue weighted by molar-refractivity contribution is 0.291. The summed E-state index contributed by atoms with van der Waals surface area (Å²) in [5.74, 6) is 6.65. The van der Waals surface area contributed by atoms with Gasteiger partial charge in [-0.25, -0.2) is 9.07 Å². The Kier molecular flexibility index (Phi) is 4.26. The molecule has 0 radical (unpaired) electrons. The van der Waals surface area contributed by atoms with Gasteiger partial charge in [-0.3, -0.25) is 0 Å². The van der Waals surface area contributed by atoms with Gasteiger partial charge in [0.2, 0.25) is 5.16 Å². The molecule has 19 heavy (non-hydrogen) atoms. The predicted molar refractivity (Wildman–Crippen MR) is 71.9 cm³/mol. The third-order valence-electron chi connectivity index (χ3n) is 2.26. The number of ether oxygens (including phenoxy) is 1. The molecule has 0 atom stereocenters. The monoisotopic (exact) mass is 282 g/mol. The predicted octanol–water partition coefficient (Wildman–Crippen LogP) is 2.21. The highest BCUT2D eigenvalue weighted by Crippen LogP contribution is 2.20. The third kappa shape index (κ3) is 3.60. The second-order valence-corrected chi connectivity index (χ2v) is 5.72. The summed E-state index contributed by atoms with van der Waals surface area (Å²) in [7, 11) is 0. The summed E-state index contributed by atoms with van der Waals surface area (Å²) >= 11 is 1.53. The van der Waals surface area contributed by atoms with Gasteiger partial charge < -0.3 is 10.6 Å². The minimum Gasteiger partial charge on any atom is -0.486 e. The average molecular weight is 282 g/mol. The van der Waals surface area contributed by atoms with Crippen molar-refractivity contribution >= 4 is 11.8 Å². The van der Waals surface area contributed by atoms with Crippen molar-refractivity contribution in [3.05, 3.63) is 35.9 Å². The molecule has 0 aliphatic carbocycles. The Morgan fingerprint density at radius 1 is 1.32 bits per heavy atom. The van der Waals surface area contributed by atoms with Gasteiger partial charge in [0, 0.05) is 5.25 Å². The van der Waals surface area contributed by atoms with Crippen LogP contribution in [0.15, 0.2) is 29.4 Å². The van der Waals surface area contributed by atoms with E-state index in [-0.39, 0.29) is 12.4 Å². The van der Waals surface area contributed by atoms with Crippen LogP contribution >= 0.6 is 11.8 Å². The largest absolute Gasteiger partial charge is 0.486 e. The number of aromatic nitrogens is 3. The molecule has 2 N–H and O–H groups in total. The maximum absolute atomic E-state index is 12.7. The van der Waals surface area contributed by atoms with E-state index < -0.39 is 0 Å². The van der Waals surface area contributed by atoms with Crippen molar-refractivity contribution in [2.75, 3.05) is 5.84 Å². The Morgan fingerprint density at radius 2 is 2.00 bits per heavy atom. The summed E-state index contributed by atoms with van der Waals surface area (Å²) in [5, 5.41) is 8.98. The minimum absolute atomic E-state index is 0.188. The van der Waals surface area contributed by atoms with Crippen LogP contribution in [-0.4, -0.2) is 20.1 Å². The Balaban J connectivity index is 2.00. The highest BCUT2D eigenvalue weighted by Gasteiger charge is 2.12. The van der Waals surface area contributed by atoms with Crippen LogP contribution in [0, 0.1) is 5.82 Å². The molecule has 1 heterocycles. The first-order valence-corrected chi connectivity index (χ1v) is 6.68. The molecule has 0 saturated carbocycles. The van der Waals surface area contributed by atoms with Crippen LogP contribution in [0.25, 0.3) is 0 Å². The smallest absolute Gasteiger partial charge is 0.210 e. The van der Waals surface area contributed by atoms with E-state index >= 15 is 0 Å². The quantitative estimate of drug-likeness (QED) is 0.673. The van der Waals surface area contributed by atoms with Crippen LogP contribution in [0.4, 0.5) is 4.39 Å². The van der Waals surface area contributed by atoms with E-state index in [0.29, 0.717) is 22.0 Å². The zero-order valence-electron chi connectivity index (χ0n) is 10.7. The number of nitrogens with zero attached hydrogens (tertiary/aromatic N) is 3. The number of benzene rings is 1. The van der Waals surface area contributed by atoms with Crippen molar-refractivity contribution in [3.8, 4) is 5.75 Å². The van der Waals surface area contributed by atoms with Gasteiger partial charge in [0.25, 0.3) is 0 Å². The molecule has 0 unspecified atom stereocenters. The molecule has 0 saturated heterocycles. The Morgan fingerprint density at radius 3 is 2.63 bits per heavy atom. The molecular weight excluding hydrogens is 267 g/mol. The van der Waals surface area contributed by atoms with E-state index in [9.17, 15) is 4.39 Å². The maximum Gasteiger partial charge on any atom is 0.210 e. The van der Waals surface area contributed by atoms with E-state index in [1.54, 1.807) is 12.1 Å². The fraction of sp³-hybridized carbons (Fsp3) is 0.333. The Bertz CT molecular complexity index is 541. The molecule has 0 bridgehead atoms. The first-order valence-electron chi connectivity index (χ1n) is 5.80. The molecule has 0 spiro atoms. The molecule has 2 rings (SSSR count). The van der Waals surface area contributed by atoms with Crippen molar-refractivity contribution in [3.63, 3.8) is 0 Å². The number of rotatable bonds is 5. The van der Waals surface area contributed by atoms with Crippen LogP contribution < -0.4 is 10.6 Å². The minimum atomic E-state index is -0.301. The van der Waals surface area contributed by atoms with Crippen molar-refractivity contribution in [1.82, 2.24) is 14.9 Å². The third-order valence-corrected chi connectivity index (χ3v) is 3.22. The van der Waals surface area contributed by atoms with Crippen LogP contribution in [0.2, 0.25) is 0 Å². The first kappa shape index (κ1) is 13.7. The molecule has 0 aliphatic heterocycles. The number of nitrogen functional groups attached to an aromatic ring is 1. The summed E-state index contributed by atoms with van der Waals surface area (Å²) in [6, 6.07) is 5.78. The Labute approximate surface area is 114 Å². The number of nitrogens with two attached hydrogens (primary N) is 1. The zero-order valence-corrected chi connectivity index (χ0v) is 11.5. The van der Waals surface area contributed by atoms with Gasteiger partial charge in [-0.05, 0) is 24.3 Å². The second kappa shape index (κ2) is 5.92. The molecule has 0 fully saturated rings. The molecule has 0 amide bonds. The number of thioether (sulfide) groups is 1. The summed E-state index contributed by atoms with van der Waals surface area (Å²) in [6.07, 6.45) is 0. The van der Waals surface area contributed by atoms with Gasteiger partial charge in [0.05, 0.1) is 0 Å². The van der Waals surface area contributed by atoms with Gasteiger partial charge >= 0.3 is 0 Å². The van der Waals surface area contributed by atoms with Gasteiger partial charge in [-0.2, -0.15) is 0 Å². The SMILES string of the molecule is CC(C)Sc1nnc(COc2ccc(F)cc2)n1N. The molecule has 7 heteroatoms. The summed E-state index contributed by atoms with van der Waals surface area (Å²) < 4.78 is 19.6. The lowest BCUT2D eigenvalue weighted by Gasteiger charge is -2.07. The van der Waals surface area contributed by atoms with E-state index in [1.807, 2.05) is 13.8 Å². The fourth-order valence-electron chi connectivity index (χ4n) is 1.38. The van der Waals surface area contributed by atoms with Gasteiger partial charge in [0.1, 0.15) is 18.2 Å². The van der Waals surface area contributed by atoms with Crippen LogP contribution in [-0.2, 0) is 6.61 Å². The molecular formula is C12H15FN4OS. The van der Waals surface area contributed by atoms with Crippen molar-refractivity contribution < 1.29 is 9.13 Å². The first-order chi connectivity index (χ1) is 9.06. The lowest BCUT2D eigenvalue weighted by atomic mass is 10.3. The summed E-state index contributed by atoms with van der Waals surface area (Å²) in [6.45, 7) is 4.29. The zero-order chi connectivity index (χ0) is 13.8. The highest BCUT2D eigenvalue weighted by atomic mass is 32.2. The normalized spacial score (nSPS) is 10.9. The van der Waals surface area contributed by atoms with E-state index in [0.717, 1.165) is 0 Å². The van der Waals surface area contributed by atoms with Gasteiger partial charge in [-0.15, -0.1) is 10.2 Å². The topological polar surface area (TPSA) is 66.0 Å². The Hall–Kier alpha value is -1.76. The van der Waals surface area contributed by atoms with E-state index in [4.69, 9.17) is 10.6 Å². The maximum atomic E-state index is 12.7. The van der Waals surface area contributed by atoms with E-state index in [1.165, 1.54) is 28.6 Å². The molecule has 0 aliphatic rings. The second-order valence-electron chi connectivity index (χ2n) is 4.18. The molecule has 102 valence electrons. The molecule has 5 nitrogen and oxygen atoms in total. The highest BCUT2D eigenvalue weighted by molar-refractivity contribution is 7.99. The molecule has 1 aromatic carbocycles. The van der Waals surface area contributed by atoms with Crippen LogP contribution in [0.1, 0.15) is 19.7 Å². The van der Waals surface area contributed by atoms with Crippen molar-refractivity contribution in [2.45, 2.75) is 30.9 Å². The van der Waals surface area contributed by atoms with Crippen LogP contribution in [0.5, 0.6) is 5.75 Å². The number of halogens is 1. The van der Waals surface area contributed by atoms with Gasteiger partial charge in [0.15, 0.2) is 5.82 Å². The van der Waals surface area contributed by atoms with Crippen LogP contribution in [0.3, 0.4) is 0 Å². The summed E-state index contributed by atoms with van der Waals surface area (Å²) in [4.78, 5) is 0. The van der Waals surface area contributed by atoms with Crippen molar-refractivity contribution in [2.24, 2.45) is 0 Å². The fourth-order valence-corrected chi connectivity index (χ4v) is 2.10. The van der Waals surface area contributed by atoms with E-state index in [2.05, 4.69) is 10.2 Å². The number of hydrogen-bond donors (Lipinski definition) is 1. The number of hydrogen-bond acceptors (Lipinski definition) is 5. The van der Waals surface area contributed by atoms with Crippen molar-refractivity contribution in [1.29, 1.82) is 0 Å². The molecule has 2 aromatic rings. The standard InChI is InChI=1S/C12H15FN4OS/c1-8(2)19-12-16-15-11(17(12)14)7-18-10-5-3-9(13)4-6-10/h3-6,8H,7,14H2,1-2H3.